The largest absolute Gasteiger partial charge is 0.481 e. The Labute approximate surface area is 126 Å². The zero-order valence-electron chi connectivity index (χ0n) is 11.7. The number of nitrogens with zero attached hydrogens (tertiary/aromatic N) is 3. The summed E-state index contributed by atoms with van der Waals surface area (Å²) in [4.78, 5) is 13.3. The van der Waals surface area contributed by atoms with Crippen molar-refractivity contribution in [1.29, 1.82) is 0 Å². The Morgan fingerprint density at radius 1 is 1.45 bits per heavy atom. The summed E-state index contributed by atoms with van der Waals surface area (Å²) in [7, 11) is 0. The Hall–Kier alpha value is -1.34. The van der Waals surface area contributed by atoms with E-state index in [1.54, 1.807) is 11.3 Å². The highest BCUT2D eigenvalue weighted by molar-refractivity contribution is 7.99. The van der Waals surface area contributed by atoms with E-state index in [-0.39, 0.29) is 11.8 Å². The van der Waals surface area contributed by atoms with E-state index in [0.717, 1.165) is 12.2 Å². The lowest BCUT2D eigenvalue weighted by Gasteiger charge is -2.15. The van der Waals surface area contributed by atoms with E-state index in [1.165, 1.54) is 21.5 Å². The minimum absolute atomic E-state index is 0.00294. The molecule has 5 nitrogen and oxygen atoms in total. The van der Waals surface area contributed by atoms with Crippen LogP contribution in [-0.4, -0.2) is 31.6 Å². The van der Waals surface area contributed by atoms with Crippen LogP contribution in [0.25, 0.3) is 0 Å². The average Bonchev–Trinajstić information content (AvgIpc) is 2.93. The fourth-order valence-corrected chi connectivity index (χ4v) is 3.87. The maximum Gasteiger partial charge on any atom is 0.313 e. The second-order valence-corrected chi connectivity index (χ2v) is 6.96. The third-order valence-corrected chi connectivity index (χ3v) is 4.84. The maximum atomic E-state index is 10.7. The Kier molecular flexibility index (Phi) is 4.82. The summed E-state index contributed by atoms with van der Waals surface area (Å²) in [6.45, 7) is 6.10. The molecule has 0 amide bonds. The van der Waals surface area contributed by atoms with E-state index < -0.39 is 5.97 Å². The molecule has 0 radical (unpaired) electrons. The number of aliphatic carboxylic acids is 1. The van der Waals surface area contributed by atoms with Gasteiger partial charge in [-0.25, -0.2) is 0 Å². The molecule has 2 aromatic heterocycles. The lowest BCUT2D eigenvalue weighted by molar-refractivity contribution is -0.133. The Bertz CT molecular complexity index is 607. The molecule has 0 fully saturated rings. The number of aromatic nitrogens is 3. The van der Waals surface area contributed by atoms with Crippen LogP contribution in [0.3, 0.4) is 0 Å². The molecule has 0 aromatic carbocycles. The summed E-state index contributed by atoms with van der Waals surface area (Å²) in [5.74, 6) is -0.0226. The van der Waals surface area contributed by atoms with Crippen LogP contribution in [0.4, 0.5) is 0 Å². The van der Waals surface area contributed by atoms with Gasteiger partial charge in [0.25, 0.3) is 0 Å². The molecule has 108 valence electrons. The number of thioether (sulfide) groups is 1. The van der Waals surface area contributed by atoms with Gasteiger partial charge in [-0.2, -0.15) is 0 Å². The zero-order chi connectivity index (χ0) is 14.7. The highest BCUT2D eigenvalue weighted by Crippen LogP contribution is 2.26. The number of thiophene rings is 1. The van der Waals surface area contributed by atoms with Crippen LogP contribution < -0.4 is 0 Å². The van der Waals surface area contributed by atoms with Crippen molar-refractivity contribution in [3.05, 3.63) is 27.7 Å². The maximum absolute atomic E-state index is 10.7. The number of aryl methyl sites for hydroxylation is 2. The molecule has 20 heavy (non-hydrogen) atoms. The fraction of sp³-hybridized carbons (Fsp3) is 0.462. The molecule has 0 saturated carbocycles. The second-order valence-electron chi connectivity index (χ2n) is 4.65. The molecule has 1 atom stereocenters. The van der Waals surface area contributed by atoms with Gasteiger partial charge in [-0.15, -0.1) is 21.5 Å². The van der Waals surface area contributed by atoms with Crippen molar-refractivity contribution < 1.29 is 9.90 Å². The molecule has 0 saturated heterocycles. The van der Waals surface area contributed by atoms with Gasteiger partial charge in [0.05, 0.1) is 5.75 Å². The molecule has 1 N–H and O–H groups in total. The molecular weight excluding hydrogens is 294 g/mol. The van der Waals surface area contributed by atoms with Crippen LogP contribution in [0.2, 0.25) is 0 Å². The van der Waals surface area contributed by atoms with Crippen molar-refractivity contribution in [2.45, 2.75) is 38.4 Å². The van der Waals surface area contributed by atoms with Crippen molar-refractivity contribution >= 4 is 29.1 Å². The van der Waals surface area contributed by atoms with E-state index in [2.05, 4.69) is 36.2 Å². The molecule has 2 aromatic rings. The molecule has 0 aliphatic rings. The summed E-state index contributed by atoms with van der Waals surface area (Å²) >= 11 is 3.00. The van der Waals surface area contributed by atoms with Gasteiger partial charge < -0.3 is 9.67 Å². The first-order chi connectivity index (χ1) is 9.47. The van der Waals surface area contributed by atoms with Crippen molar-refractivity contribution in [2.24, 2.45) is 0 Å². The number of carboxylic acid groups (broad SMARTS) is 1. The van der Waals surface area contributed by atoms with E-state index >= 15 is 0 Å². The molecule has 0 spiro atoms. The minimum atomic E-state index is -0.844. The summed E-state index contributed by atoms with van der Waals surface area (Å²) in [5, 5.41) is 17.6. The monoisotopic (exact) mass is 311 g/mol. The second kappa shape index (κ2) is 6.41. The van der Waals surface area contributed by atoms with Crippen LogP contribution in [0.5, 0.6) is 0 Å². The molecule has 0 aliphatic carbocycles. The number of rotatable bonds is 6. The minimum Gasteiger partial charge on any atom is -0.481 e. The first kappa shape index (κ1) is 15.1. The predicted molar refractivity (Wildman–Crippen MR) is 80.6 cm³/mol. The topological polar surface area (TPSA) is 68.0 Å². The lowest BCUT2D eigenvalue weighted by atomic mass is 10.2. The van der Waals surface area contributed by atoms with Gasteiger partial charge in [0.1, 0.15) is 5.82 Å². The fourth-order valence-electron chi connectivity index (χ4n) is 2.06. The van der Waals surface area contributed by atoms with E-state index in [9.17, 15) is 4.79 Å². The van der Waals surface area contributed by atoms with Gasteiger partial charge >= 0.3 is 5.97 Å². The van der Waals surface area contributed by atoms with Gasteiger partial charge in [0.2, 0.25) is 0 Å². The van der Waals surface area contributed by atoms with Gasteiger partial charge in [-0.1, -0.05) is 11.8 Å². The number of hydrogen-bond acceptors (Lipinski definition) is 5. The summed E-state index contributed by atoms with van der Waals surface area (Å²) in [6, 6.07) is 4.46. The van der Waals surface area contributed by atoms with Crippen LogP contribution in [0.1, 0.15) is 28.5 Å². The highest BCUT2D eigenvalue weighted by atomic mass is 32.2. The smallest absolute Gasteiger partial charge is 0.313 e. The first-order valence-corrected chi connectivity index (χ1v) is 8.09. The van der Waals surface area contributed by atoms with Crippen molar-refractivity contribution in [2.75, 3.05) is 5.75 Å². The molecule has 0 bridgehead atoms. The third-order valence-electron chi connectivity index (χ3n) is 2.89. The van der Waals surface area contributed by atoms with Gasteiger partial charge in [-0.05, 0) is 32.9 Å². The van der Waals surface area contributed by atoms with E-state index in [4.69, 9.17) is 5.11 Å². The molecule has 2 rings (SSSR count). The zero-order valence-corrected chi connectivity index (χ0v) is 13.3. The molecule has 0 aliphatic heterocycles. The van der Waals surface area contributed by atoms with Crippen LogP contribution >= 0.6 is 23.1 Å². The highest BCUT2D eigenvalue weighted by Gasteiger charge is 2.17. The van der Waals surface area contributed by atoms with Crippen LogP contribution in [0, 0.1) is 13.8 Å². The van der Waals surface area contributed by atoms with Crippen molar-refractivity contribution in [3.8, 4) is 0 Å². The normalized spacial score (nSPS) is 12.6. The summed E-state index contributed by atoms with van der Waals surface area (Å²) < 4.78 is 2.02. The first-order valence-electron chi connectivity index (χ1n) is 6.28. The molecule has 1 unspecified atom stereocenters. The molecule has 7 heteroatoms. The number of hydrogen-bond donors (Lipinski definition) is 1. The van der Waals surface area contributed by atoms with Gasteiger partial charge in [0, 0.05) is 22.2 Å². The van der Waals surface area contributed by atoms with Crippen LogP contribution in [-0.2, 0) is 11.2 Å². The quantitative estimate of drug-likeness (QED) is 0.831. The standard InChI is InChI=1S/C13H17N3O2S2/c1-8(6-11-5-4-9(2)20-11)16-10(3)14-15-13(16)19-7-12(17)18/h4-5,8H,6-7H2,1-3H3,(H,17,18). The molecular formula is C13H17N3O2S2. The summed E-state index contributed by atoms with van der Waals surface area (Å²) in [5.41, 5.74) is 0. The van der Waals surface area contributed by atoms with E-state index in [1.807, 2.05) is 11.5 Å². The number of carboxylic acids is 1. The predicted octanol–water partition coefficient (Wildman–Crippen LogP) is 2.94. The Morgan fingerprint density at radius 3 is 2.80 bits per heavy atom. The van der Waals surface area contributed by atoms with Crippen molar-refractivity contribution in [1.82, 2.24) is 14.8 Å². The SMILES string of the molecule is Cc1ccc(CC(C)n2c(C)nnc2SCC(=O)O)s1. The third kappa shape index (κ3) is 3.61. The average molecular weight is 311 g/mol. The number of carbonyl (C=O) groups is 1. The van der Waals surface area contributed by atoms with Crippen molar-refractivity contribution in [3.63, 3.8) is 0 Å². The van der Waals surface area contributed by atoms with Gasteiger partial charge in [-0.3, -0.25) is 4.79 Å². The lowest BCUT2D eigenvalue weighted by Crippen LogP contribution is -2.11. The Morgan fingerprint density at radius 2 is 2.20 bits per heavy atom. The summed E-state index contributed by atoms with van der Waals surface area (Å²) in [6.07, 6.45) is 0.901. The van der Waals surface area contributed by atoms with E-state index in [0.29, 0.717) is 5.16 Å². The van der Waals surface area contributed by atoms with Gasteiger partial charge in [0.15, 0.2) is 5.16 Å². The molecule has 2 heterocycles. The van der Waals surface area contributed by atoms with Crippen LogP contribution in [0.15, 0.2) is 17.3 Å². The Balaban J connectivity index is 2.13.